The van der Waals surface area contributed by atoms with Gasteiger partial charge in [-0.25, -0.2) is 0 Å². The fraction of sp³-hybridized carbons (Fsp3) is 0.529. The molecule has 0 aliphatic carbocycles. The maximum atomic E-state index is 6.20. The summed E-state index contributed by atoms with van der Waals surface area (Å²) >= 11 is 3.63. The van der Waals surface area contributed by atoms with Gasteiger partial charge in [0.1, 0.15) is 11.3 Å². The van der Waals surface area contributed by atoms with E-state index in [1.807, 2.05) is 0 Å². The van der Waals surface area contributed by atoms with Gasteiger partial charge in [0, 0.05) is 21.5 Å². The Morgan fingerprint density at radius 2 is 1.90 bits per heavy atom. The molecule has 0 aliphatic heterocycles. The summed E-state index contributed by atoms with van der Waals surface area (Å²) in [6.45, 7) is 11.7. The van der Waals surface area contributed by atoms with Gasteiger partial charge in [-0.05, 0) is 30.0 Å². The summed E-state index contributed by atoms with van der Waals surface area (Å²) in [5, 5.41) is 4.71. The van der Waals surface area contributed by atoms with Gasteiger partial charge in [0.05, 0.1) is 6.54 Å². The van der Waals surface area contributed by atoms with Crippen molar-refractivity contribution in [1.29, 1.82) is 0 Å². The molecule has 0 radical (unpaired) electrons. The van der Waals surface area contributed by atoms with Crippen LogP contribution in [-0.2, 0) is 13.0 Å². The zero-order valence-corrected chi connectivity index (χ0v) is 14.6. The monoisotopic (exact) mass is 337 g/mol. The van der Waals surface area contributed by atoms with Gasteiger partial charge in [0.2, 0.25) is 0 Å². The first kappa shape index (κ1) is 15.6. The second kappa shape index (κ2) is 6.31. The second-order valence-corrected chi connectivity index (χ2v) is 6.84. The molecule has 1 aromatic heterocycles. The number of nitrogens with one attached hydrogen (secondary N) is 1. The lowest BCUT2D eigenvalue weighted by atomic mass is 9.99. The molecule has 0 amide bonds. The maximum Gasteiger partial charge on any atom is 0.138 e. The van der Waals surface area contributed by atoms with Crippen LogP contribution in [0.1, 0.15) is 57.4 Å². The first-order valence-corrected chi connectivity index (χ1v) is 8.20. The molecule has 0 bridgehead atoms. The van der Waals surface area contributed by atoms with Crippen LogP contribution in [0.4, 0.5) is 0 Å². The molecule has 1 N–H and O–H groups in total. The van der Waals surface area contributed by atoms with Crippen molar-refractivity contribution in [2.24, 2.45) is 0 Å². The highest BCUT2D eigenvalue weighted by Crippen LogP contribution is 2.35. The molecule has 0 atom stereocenters. The van der Waals surface area contributed by atoms with Crippen molar-refractivity contribution in [3.63, 3.8) is 0 Å². The van der Waals surface area contributed by atoms with Gasteiger partial charge >= 0.3 is 0 Å². The number of furan rings is 1. The van der Waals surface area contributed by atoms with E-state index in [4.69, 9.17) is 4.42 Å². The highest BCUT2D eigenvalue weighted by Gasteiger charge is 2.17. The standard InChI is InChI=1S/C17H24BrNO/c1-6-13-15-8-12(18)7-14(10(2)3)17(15)20-16(13)9-19-11(4)5/h7-8,10-11,19H,6,9H2,1-5H3. The topological polar surface area (TPSA) is 25.2 Å². The minimum atomic E-state index is 0.455. The van der Waals surface area contributed by atoms with E-state index < -0.39 is 0 Å². The summed E-state index contributed by atoms with van der Waals surface area (Å²) in [6.07, 6.45) is 0.996. The molecule has 0 saturated carbocycles. The van der Waals surface area contributed by atoms with Gasteiger partial charge in [-0.1, -0.05) is 50.5 Å². The third-order valence-electron chi connectivity index (χ3n) is 3.62. The minimum absolute atomic E-state index is 0.455. The van der Waals surface area contributed by atoms with Crippen LogP contribution >= 0.6 is 15.9 Å². The smallest absolute Gasteiger partial charge is 0.138 e. The number of hydrogen-bond donors (Lipinski definition) is 1. The molecular formula is C17H24BrNO. The Kier molecular flexibility index (Phi) is 4.92. The lowest BCUT2D eigenvalue weighted by Gasteiger charge is -2.07. The Morgan fingerprint density at radius 3 is 2.45 bits per heavy atom. The number of benzene rings is 1. The number of aryl methyl sites for hydroxylation is 1. The Bertz CT molecular complexity index is 599. The molecule has 110 valence electrons. The molecule has 2 aromatic rings. The molecule has 1 aromatic carbocycles. The predicted molar refractivity (Wildman–Crippen MR) is 89.4 cm³/mol. The molecule has 0 unspecified atom stereocenters. The van der Waals surface area contributed by atoms with E-state index in [2.05, 4.69) is 68.0 Å². The Hall–Kier alpha value is -0.800. The lowest BCUT2D eigenvalue weighted by molar-refractivity contribution is 0.481. The van der Waals surface area contributed by atoms with Crippen molar-refractivity contribution >= 4 is 26.9 Å². The van der Waals surface area contributed by atoms with Crippen molar-refractivity contribution < 1.29 is 4.42 Å². The Labute approximate surface area is 130 Å². The van der Waals surface area contributed by atoms with Crippen molar-refractivity contribution in [1.82, 2.24) is 5.32 Å². The molecule has 2 rings (SSSR count). The molecule has 0 aliphatic rings. The molecule has 20 heavy (non-hydrogen) atoms. The van der Waals surface area contributed by atoms with E-state index in [1.54, 1.807) is 0 Å². The number of rotatable bonds is 5. The van der Waals surface area contributed by atoms with E-state index in [0.29, 0.717) is 12.0 Å². The second-order valence-electron chi connectivity index (χ2n) is 5.92. The fourth-order valence-corrected chi connectivity index (χ4v) is 3.02. The van der Waals surface area contributed by atoms with Crippen LogP contribution in [0.15, 0.2) is 21.0 Å². The normalized spacial score (nSPS) is 12.0. The first-order chi connectivity index (χ1) is 9.43. The van der Waals surface area contributed by atoms with Gasteiger partial charge in [-0.3, -0.25) is 0 Å². The number of fused-ring (bicyclic) bond motifs is 1. The molecule has 1 heterocycles. The maximum absolute atomic E-state index is 6.20. The SMILES string of the molecule is CCc1c(CNC(C)C)oc2c(C(C)C)cc(Br)cc12. The highest BCUT2D eigenvalue weighted by atomic mass is 79.9. The van der Waals surface area contributed by atoms with Crippen LogP contribution in [-0.4, -0.2) is 6.04 Å². The zero-order valence-electron chi connectivity index (χ0n) is 13.0. The van der Waals surface area contributed by atoms with Crippen molar-refractivity contribution in [2.75, 3.05) is 0 Å². The first-order valence-electron chi connectivity index (χ1n) is 7.41. The highest BCUT2D eigenvalue weighted by molar-refractivity contribution is 9.10. The van der Waals surface area contributed by atoms with E-state index in [0.717, 1.165) is 28.8 Å². The van der Waals surface area contributed by atoms with Crippen LogP contribution in [0.5, 0.6) is 0 Å². The number of halogens is 1. The third-order valence-corrected chi connectivity index (χ3v) is 4.07. The summed E-state index contributed by atoms with van der Waals surface area (Å²) in [5.74, 6) is 1.54. The number of hydrogen-bond acceptors (Lipinski definition) is 2. The third kappa shape index (κ3) is 3.09. The predicted octanol–water partition coefficient (Wildman–Crippen LogP) is 5.38. The Morgan fingerprint density at radius 1 is 1.20 bits per heavy atom. The van der Waals surface area contributed by atoms with E-state index in [1.165, 1.54) is 16.5 Å². The van der Waals surface area contributed by atoms with Gasteiger partial charge in [-0.2, -0.15) is 0 Å². The van der Waals surface area contributed by atoms with Gasteiger partial charge < -0.3 is 9.73 Å². The van der Waals surface area contributed by atoms with Gasteiger partial charge in [-0.15, -0.1) is 0 Å². The summed E-state index contributed by atoms with van der Waals surface area (Å²) in [5.41, 5.74) is 3.66. The summed E-state index contributed by atoms with van der Waals surface area (Å²) in [4.78, 5) is 0. The van der Waals surface area contributed by atoms with Crippen molar-refractivity contribution in [2.45, 2.75) is 59.5 Å². The molecular weight excluding hydrogens is 314 g/mol. The molecule has 0 fully saturated rings. The van der Waals surface area contributed by atoms with Crippen LogP contribution in [0.25, 0.3) is 11.0 Å². The fourth-order valence-electron chi connectivity index (χ4n) is 2.54. The average molecular weight is 338 g/mol. The van der Waals surface area contributed by atoms with Crippen molar-refractivity contribution in [3.05, 3.63) is 33.5 Å². The summed E-state index contributed by atoms with van der Waals surface area (Å²) in [7, 11) is 0. The quantitative estimate of drug-likeness (QED) is 0.792. The average Bonchev–Trinajstić information content (AvgIpc) is 2.72. The molecule has 3 heteroatoms. The zero-order chi connectivity index (χ0) is 14.9. The van der Waals surface area contributed by atoms with Crippen LogP contribution in [0.3, 0.4) is 0 Å². The van der Waals surface area contributed by atoms with Crippen LogP contribution in [0, 0.1) is 0 Å². The van der Waals surface area contributed by atoms with Gasteiger partial charge in [0.15, 0.2) is 0 Å². The van der Waals surface area contributed by atoms with Crippen LogP contribution in [0.2, 0.25) is 0 Å². The van der Waals surface area contributed by atoms with Crippen molar-refractivity contribution in [3.8, 4) is 0 Å². The minimum Gasteiger partial charge on any atom is -0.459 e. The summed E-state index contributed by atoms with van der Waals surface area (Å²) < 4.78 is 7.34. The Balaban J connectivity index is 2.57. The molecule has 0 spiro atoms. The molecule has 2 nitrogen and oxygen atoms in total. The summed E-state index contributed by atoms with van der Waals surface area (Å²) in [6, 6.07) is 4.82. The molecule has 0 saturated heterocycles. The van der Waals surface area contributed by atoms with E-state index in [-0.39, 0.29) is 0 Å². The van der Waals surface area contributed by atoms with E-state index in [9.17, 15) is 0 Å². The van der Waals surface area contributed by atoms with E-state index >= 15 is 0 Å². The lowest BCUT2D eigenvalue weighted by Crippen LogP contribution is -2.22. The van der Waals surface area contributed by atoms with Crippen LogP contribution < -0.4 is 5.32 Å². The van der Waals surface area contributed by atoms with Gasteiger partial charge in [0.25, 0.3) is 0 Å². The largest absolute Gasteiger partial charge is 0.459 e.